The number of benzene rings is 1. The van der Waals surface area contributed by atoms with Gasteiger partial charge in [0.05, 0.1) is 5.41 Å². The molecule has 1 fully saturated rings. The van der Waals surface area contributed by atoms with Crippen LogP contribution in [0.4, 0.5) is 0 Å². The Hall–Kier alpha value is -1.39. The minimum Gasteiger partial charge on any atom is -0.396 e. The van der Waals surface area contributed by atoms with E-state index in [4.69, 9.17) is 0 Å². The van der Waals surface area contributed by atoms with Gasteiger partial charge in [-0.15, -0.1) is 0 Å². The molecule has 4 heteroatoms. The molecule has 2 rings (SSSR count). The van der Waals surface area contributed by atoms with Crippen molar-refractivity contribution in [2.24, 2.45) is 11.3 Å². The van der Waals surface area contributed by atoms with Crippen LogP contribution in [-0.4, -0.2) is 42.2 Å². The third-order valence-electron chi connectivity index (χ3n) is 5.44. The normalized spacial score (nSPS) is 19.0. The molecule has 0 spiro atoms. The number of hydrogen-bond donors (Lipinski definition) is 2. The zero-order chi connectivity index (χ0) is 17.4. The number of likely N-dealkylation sites (tertiary alicyclic amines) is 1. The second-order valence-electron chi connectivity index (χ2n) is 7.24. The van der Waals surface area contributed by atoms with Gasteiger partial charge in [-0.05, 0) is 43.8 Å². The molecule has 1 atom stereocenters. The Bertz CT molecular complexity index is 496. The fraction of sp³-hybridized carbons (Fsp3) is 0.650. The molecular formula is C20H32N2O2. The van der Waals surface area contributed by atoms with Crippen molar-refractivity contribution in [2.75, 3.05) is 26.2 Å². The van der Waals surface area contributed by atoms with E-state index in [0.29, 0.717) is 12.3 Å². The Kier molecular flexibility index (Phi) is 7.25. The number of aliphatic hydroxyl groups is 1. The standard InChI is InChI=1S/C20H32N2O2/c1-3-17(2)15-21-19(24)20(11-14-23)9-12-22(13-10-20)16-18-7-5-4-6-8-18/h4-8,17,23H,3,9-16H2,1-2H3,(H,21,24)/t17-/m0/s1. The van der Waals surface area contributed by atoms with E-state index in [9.17, 15) is 9.90 Å². The van der Waals surface area contributed by atoms with Gasteiger partial charge >= 0.3 is 0 Å². The minimum atomic E-state index is -0.393. The molecule has 0 aromatic heterocycles. The van der Waals surface area contributed by atoms with Gasteiger partial charge in [0, 0.05) is 19.7 Å². The molecular weight excluding hydrogens is 300 g/mol. The summed E-state index contributed by atoms with van der Waals surface area (Å²) in [6.45, 7) is 7.86. The van der Waals surface area contributed by atoms with Crippen molar-refractivity contribution >= 4 is 5.91 Å². The van der Waals surface area contributed by atoms with Crippen LogP contribution in [0.1, 0.15) is 45.1 Å². The summed E-state index contributed by atoms with van der Waals surface area (Å²) in [5, 5.41) is 12.6. The van der Waals surface area contributed by atoms with Crippen molar-refractivity contribution in [3.05, 3.63) is 35.9 Å². The molecule has 1 aliphatic rings. The van der Waals surface area contributed by atoms with E-state index in [1.54, 1.807) is 0 Å². The fourth-order valence-electron chi connectivity index (χ4n) is 3.38. The average Bonchev–Trinajstić information content (AvgIpc) is 2.62. The molecule has 2 N–H and O–H groups in total. The number of nitrogens with one attached hydrogen (secondary N) is 1. The van der Waals surface area contributed by atoms with Crippen LogP contribution in [0.5, 0.6) is 0 Å². The first-order valence-corrected chi connectivity index (χ1v) is 9.25. The molecule has 0 aliphatic carbocycles. The summed E-state index contributed by atoms with van der Waals surface area (Å²) in [6, 6.07) is 10.5. The molecule has 1 amide bonds. The van der Waals surface area contributed by atoms with E-state index in [1.165, 1.54) is 5.56 Å². The first-order chi connectivity index (χ1) is 11.6. The van der Waals surface area contributed by atoms with Crippen LogP contribution < -0.4 is 5.32 Å². The summed E-state index contributed by atoms with van der Waals surface area (Å²) in [4.78, 5) is 15.2. The quantitative estimate of drug-likeness (QED) is 0.770. The van der Waals surface area contributed by atoms with Gasteiger partial charge in [0.15, 0.2) is 0 Å². The first-order valence-electron chi connectivity index (χ1n) is 9.25. The van der Waals surface area contributed by atoms with Crippen LogP contribution in [0.3, 0.4) is 0 Å². The number of carbonyl (C=O) groups is 1. The lowest BCUT2D eigenvalue weighted by Gasteiger charge is -2.40. The van der Waals surface area contributed by atoms with E-state index >= 15 is 0 Å². The maximum atomic E-state index is 12.8. The lowest BCUT2D eigenvalue weighted by molar-refractivity contribution is -0.135. The highest BCUT2D eigenvalue weighted by atomic mass is 16.3. The summed E-state index contributed by atoms with van der Waals surface area (Å²) < 4.78 is 0. The van der Waals surface area contributed by atoms with Crippen molar-refractivity contribution < 1.29 is 9.90 Å². The van der Waals surface area contributed by atoms with Crippen LogP contribution in [0.25, 0.3) is 0 Å². The van der Waals surface area contributed by atoms with Gasteiger partial charge in [-0.25, -0.2) is 0 Å². The van der Waals surface area contributed by atoms with Crippen molar-refractivity contribution in [1.82, 2.24) is 10.2 Å². The summed E-state index contributed by atoms with van der Waals surface area (Å²) in [5.74, 6) is 0.634. The van der Waals surface area contributed by atoms with Crippen molar-refractivity contribution in [3.8, 4) is 0 Å². The number of piperidine rings is 1. The molecule has 1 heterocycles. The molecule has 134 valence electrons. The predicted octanol–water partition coefficient (Wildman–Crippen LogP) is 2.81. The Morgan fingerprint density at radius 3 is 2.54 bits per heavy atom. The molecule has 4 nitrogen and oxygen atoms in total. The summed E-state index contributed by atoms with van der Waals surface area (Å²) in [7, 11) is 0. The predicted molar refractivity (Wildman–Crippen MR) is 97.6 cm³/mol. The van der Waals surface area contributed by atoms with Gasteiger partial charge in [-0.3, -0.25) is 9.69 Å². The maximum Gasteiger partial charge on any atom is 0.226 e. The van der Waals surface area contributed by atoms with Gasteiger partial charge < -0.3 is 10.4 Å². The molecule has 0 saturated carbocycles. The van der Waals surface area contributed by atoms with Crippen LogP contribution in [-0.2, 0) is 11.3 Å². The van der Waals surface area contributed by atoms with E-state index in [2.05, 4.69) is 48.3 Å². The number of carbonyl (C=O) groups excluding carboxylic acids is 1. The Morgan fingerprint density at radius 2 is 1.96 bits per heavy atom. The maximum absolute atomic E-state index is 12.8. The SMILES string of the molecule is CC[C@H](C)CNC(=O)C1(CCO)CCN(Cc2ccccc2)CC1. The minimum absolute atomic E-state index is 0.0788. The topological polar surface area (TPSA) is 52.6 Å². The Morgan fingerprint density at radius 1 is 1.29 bits per heavy atom. The fourth-order valence-corrected chi connectivity index (χ4v) is 3.38. The molecule has 0 bridgehead atoms. The number of hydrogen-bond acceptors (Lipinski definition) is 3. The Labute approximate surface area is 146 Å². The number of amides is 1. The van der Waals surface area contributed by atoms with Gasteiger partial charge in [-0.1, -0.05) is 50.6 Å². The van der Waals surface area contributed by atoms with Crippen LogP contribution >= 0.6 is 0 Å². The average molecular weight is 332 g/mol. The molecule has 0 radical (unpaired) electrons. The highest BCUT2D eigenvalue weighted by Gasteiger charge is 2.40. The smallest absolute Gasteiger partial charge is 0.226 e. The van der Waals surface area contributed by atoms with Crippen LogP contribution in [0, 0.1) is 11.3 Å². The third-order valence-corrected chi connectivity index (χ3v) is 5.44. The van der Waals surface area contributed by atoms with E-state index < -0.39 is 5.41 Å². The van der Waals surface area contributed by atoms with Crippen LogP contribution in [0.2, 0.25) is 0 Å². The van der Waals surface area contributed by atoms with Gasteiger partial charge in [-0.2, -0.15) is 0 Å². The summed E-state index contributed by atoms with van der Waals surface area (Å²) in [5.41, 5.74) is 0.920. The monoisotopic (exact) mass is 332 g/mol. The molecule has 24 heavy (non-hydrogen) atoms. The van der Waals surface area contributed by atoms with E-state index in [1.807, 2.05) is 6.07 Å². The van der Waals surface area contributed by atoms with E-state index in [-0.39, 0.29) is 12.5 Å². The third kappa shape index (κ3) is 5.05. The number of rotatable bonds is 8. The zero-order valence-corrected chi connectivity index (χ0v) is 15.1. The van der Waals surface area contributed by atoms with E-state index in [0.717, 1.165) is 45.4 Å². The van der Waals surface area contributed by atoms with Crippen LogP contribution in [0.15, 0.2) is 30.3 Å². The summed E-state index contributed by atoms with van der Waals surface area (Å²) in [6.07, 6.45) is 3.29. The lowest BCUT2D eigenvalue weighted by Crippen LogP contribution is -2.49. The second-order valence-corrected chi connectivity index (χ2v) is 7.24. The van der Waals surface area contributed by atoms with Gasteiger partial charge in [0.1, 0.15) is 0 Å². The van der Waals surface area contributed by atoms with Gasteiger partial charge in [0.25, 0.3) is 0 Å². The van der Waals surface area contributed by atoms with Gasteiger partial charge in [0.2, 0.25) is 5.91 Å². The highest BCUT2D eigenvalue weighted by Crippen LogP contribution is 2.35. The van der Waals surface area contributed by atoms with Crippen molar-refractivity contribution in [2.45, 2.75) is 46.1 Å². The highest BCUT2D eigenvalue weighted by molar-refractivity contribution is 5.82. The summed E-state index contributed by atoms with van der Waals surface area (Å²) >= 11 is 0. The number of nitrogens with zero attached hydrogens (tertiary/aromatic N) is 1. The molecule has 0 unspecified atom stereocenters. The molecule has 1 aliphatic heterocycles. The molecule has 1 saturated heterocycles. The Balaban J connectivity index is 1.91. The van der Waals surface area contributed by atoms with Crippen molar-refractivity contribution in [3.63, 3.8) is 0 Å². The largest absolute Gasteiger partial charge is 0.396 e. The number of aliphatic hydroxyl groups excluding tert-OH is 1. The zero-order valence-electron chi connectivity index (χ0n) is 15.1. The second kappa shape index (κ2) is 9.19. The lowest BCUT2D eigenvalue weighted by atomic mass is 9.74. The molecule has 1 aromatic rings. The first kappa shape index (κ1) is 18.9. The van der Waals surface area contributed by atoms with Crippen molar-refractivity contribution in [1.29, 1.82) is 0 Å². The molecule has 1 aromatic carbocycles.